The number of rotatable bonds is 5. The Kier molecular flexibility index (Phi) is 5.61. The Morgan fingerprint density at radius 1 is 1.48 bits per heavy atom. The number of ether oxygens (including phenoxy) is 2. The van der Waals surface area contributed by atoms with Crippen molar-refractivity contribution in [2.75, 3.05) is 6.61 Å². The number of aliphatic carboxylic acids is 1. The molecule has 1 rings (SSSR count). The van der Waals surface area contributed by atoms with Crippen LogP contribution in [0.2, 0.25) is 0 Å². The quantitative estimate of drug-likeness (QED) is 0.285. The number of amides is 1. The van der Waals surface area contributed by atoms with E-state index in [1.165, 1.54) is 6.92 Å². The van der Waals surface area contributed by atoms with Crippen LogP contribution in [0, 0.1) is 0 Å². The van der Waals surface area contributed by atoms with E-state index in [0.717, 1.165) is 6.92 Å². The van der Waals surface area contributed by atoms with Gasteiger partial charge in [0.15, 0.2) is 18.1 Å². The van der Waals surface area contributed by atoms with E-state index in [1.807, 2.05) is 0 Å². The number of carbonyl (C=O) groups excluding carboxylic acids is 1. The van der Waals surface area contributed by atoms with Crippen LogP contribution in [0.1, 0.15) is 13.8 Å². The van der Waals surface area contributed by atoms with E-state index in [0.29, 0.717) is 0 Å². The Hall–Kier alpha value is -1.30. The SMILES string of the molecule is CC(=O)N[C@@]1(N)[C@@H](O)O[C@H](CO)[C@@H](O)[C@@H]1OC(C)C(=O)O. The summed E-state index contributed by atoms with van der Waals surface area (Å²) in [5, 5.41) is 40.1. The smallest absolute Gasteiger partial charge is 0.332 e. The first kappa shape index (κ1) is 17.8. The molecule has 0 aromatic heterocycles. The maximum atomic E-state index is 11.2. The van der Waals surface area contributed by atoms with E-state index >= 15 is 0 Å². The molecule has 0 bridgehead atoms. The second-order valence-electron chi connectivity index (χ2n) is 4.85. The van der Waals surface area contributed by atoms with Crippen molar-refractivity contribution >= 4 is 11.9 Å². The minimum Gasteiger partial charge on any atom is -0.479 e. The number of hydrogen-bond acceptors (Lipinski definition) is 8. The van der Waals surface area contributed by atoms with E-state index < -0.39 is 54.9 Å². The van der Waals surface area contributed by atoms with E-state index in [9.17, 15) is 19.8 Å². The Morgan fingerprint density at radius 2 is 2.05 bits per heavy atom. The number of carboxylic acid groups (broad SMARTS) is 1. The van der Waals surface area contributed by atoms with Gasteiger partial charge in [-0.2, -0.15) is 0 Å². The molecule has 0 aliphatic carbocycles. The molecule has 7 N–H and O–H groups in total. The zero-order valence-electron chi connectivity index (χ0n) is 11.6. The molecular formula is C11H20N2O8. The fourth-order valence-corrected chi connectivity index (χ4v) is 2.04. The van der Waals surface area contributed by atoms with Crippen LogP contribution in [0.5, 0.6) is 0 Å². The van der Waals surface area contributed by atoms with Crippen LogP contribution in [0.25, 0.3) is 0 Å². The molecule has 1 aliphatic rings. The minimum absolute atomic E-state index is 0.647. The summed E-state index contributed by atoms with van der Waals surface area (Å²) in [4.78, 5) is 22.1. The van der Waals surface area contributed by atoms with E-state index in [2.05, 4.69) is 5.32 Å². The third-order valence-corrected chi connectivity index (χ3v) is 3.15. The van der Waals surface area contributed by atoms with Gasteiger partial charge in [0.2, 0.25) is 5.91 Å². The van der Waals surface area contributed by atoms with Gasteiger partial charge in [-0.25, -0.2) is 4.79 Å². The molecule has 0 radical (unpaired) electrons. The van der Waals surface area contributed by atoms with Crippen LogP contribution < -0.4 is 11.1 Å². The van der Waals surface area contributed by atoms with Crippen molar-refractivity contribution in [1.29, 1.82) is 0 Å². The van der Waals surface area contributed by atoms with Crippen LogP contribution in [0.4, 0.5) is 0 Å². The first-order valence-corrected chi connectivity index (χ1v) is 6.21. The lowest BCUT2D eigenvalue weighted by molar-refractivity contribution is -0.295. The third kappa shape index (κ3) is 3.67. The summed E-state index contributed by atoms with van der Waals surface area (Å²) in [6.07, 6.45) is -7.49. The van der Waals surface area contributed by atoms with E-state index in [1.54, 1.807) is 0 Å². The largest absolute Gasteiger partial charge is 0.479 e. The molecule has 0 aromatic rings. The Bertz CT molecular complexity index is 406. The van der Waals surface area contributed by atoms with Crippen molar-refractivity contribution in [3.8, 4) is 0 Å². The molecule has 10 nitrogen and oxygen atoms in total. The molecule has 122 valence electrons. The van der Waals surface area contributed by atoms with Crippen LogP contribution in [0.15, 0.2) is 0 Å². The lowest BCUT2D eigenvalue weighted by atomic mass is 9.91. The second-order valence-corrected chi connectivity index (χ2v) is 4.85. The standard InChI is InChI=1S/C11H20N2O8/c1-4(9(17)18)20-8-7(16)6(3-14)21-10(19)11(8,12)13-5(2)15/h4,6-8,10,14,16,19H,3,12H2,1-2H3,(H,13,15)(H,17,18)/t4?,6-,7-,8+,10+,11-/m1/s1. The molecule has 0 spiro atoms. The van der Waals surface area contributed by atoms with Gasteiger partial charge >= 0.3 is 5.97 Å². The highest BCUT2D eigenvalue weighted by Crippen LogP contribution is 2.28. The molecule has 6 atom stereocenters. The van der Waals surface area contributed by atoms with Gasteiger partial charge in [-0.1, -0.05) is 0 Å². The molecule has 0 saturated carbocycles. The van der Waals surface area contributed by atoms with Gasteiger partial charge < -0.3 is 41.0 Å². The summed E-state index contributed by atoms with van der Waals surface area (Å²) in [6.45, 7) is 1.65. The summed E-state index contributed by atoms with van der Waals surface area (Å²) in [7, 11) is 0. The number of carbonyl (C=O) groups is 2. The predicted octanol–water partition coefficient (Wildman–Crippen LogP) is -3.29. The van der Waals surface area contributed by atoms with Gasteiger partial charge in [0.05, 0.1) is 6.61 Å². The van der Waals surface area contributed by atoms with Gasteiger partial charge in [0.25, 0.3) is 0 Å². The van der Waals surface area contributed by atoms with Crippen LogP contribution in [-0.2, 0) is 19.1 Å². The van der Waals surface area contributed by atoms with Crippen LogP contribution in [0.3, 0.4) is 0 Å². The summed E-state index contributed by atoms with van der Waals surface area (Å²) >= 11 is 0. The number of hydrogen-bond donors (Lipinski definition) is 6. The topological polar surface area (TPSA) is 172 Å². The van der Waals surface area contributed by atoms with E-state index in [4.69, 9.17) is 25.4 Å². The Balaban J connectivity index is 3.10. The molecule has 1 aliphatic heterocycles. The van der Waals surface area contributed by atoms with Crippen molar-refractivity contribution in [2.24, 2.45) is 5.73 Å². The molecule has 1 saturated heterocycles. The third-order valence-electron chi connectivity index (χ3n) is 3.15. The van der Waals surface area contributed by atoms with Crippen molar-refractivity contribution in [3.63, 3.8) is 0 Å². The molecule has 21 heavy (non-hydrogen) atoms. The maximum absolute atomic E-state index is 11.2. The van der Waals surface area contributed by atoms with Gasteiger partial charge in [-0.3, -0.25) is 4.79 Å². The summed E-state index contributed by atoms with van der Waals surface area (Å²) in [5.74, 6) is -1.97. The normalized spacial score (nSPS) is 37.8. The van der Waals surface area contributed by atoms with Crippen molar-refractivity contribution in [2.45, 2.75) is 50.2 Å². The molecule has 0 aromatic carbocycles. The highest BCUT2D eigenvalue weighted by atomic mass is 16.6. The fraction of sp³-hybridized carbons (Fsp3) is 0.818. The van der Waals surface area contributed by atoms with Gasteiger partial charge in [0.1, 0.15) is 18.3 Å². The molecule has 1 amide bonds. The lowest BCUT2D eigenvalue weighted by Crippen LogP contribution is -2.78. The fourth-order valence-electron chi connectivity index (χ4n) is 2.04. The molecule has 1 fully saturated rings. The van der Waals surface area contributed by atoms with Crippen molar-refractivity contribution < 1.29 is 39.5 Å². The van der Waals surface area contributed by atoms with Gasteiger partial charge in [-0.05, 0) is 6.92 Å². The van der Waals surface area contributed by atoms with Crippen LogP contribution in [-0.4, -0.2) is 75.3 Å². The highest BCUT2D eigenvalue weighted by Gasteiger charge is 2.55. The van der Waals surface area contributed by atoms with Gasteiger partial charge in [0, 0.05) is 6.92 Å². The van der Waals surface area contributed by atoms with Gasteiger partial charge in [-0.15, -0.1) is 0 Å². The number of nitrogens with two attached hydrogens (primary N) is 1. The maximum Gasteiger partial charge on any atom is 0.332 e. The van der Waals surface area contributed by atoms with Crippen molar-refractivity contribution in [3.05, 3.63) is 0 Å². The highest BCUT2D eigenvalue weighted by molar-refractivity contribution is 5.74. The predicted molar refractivity (Wildman–Crippen MR) is 66.7 cm³/mol. The molecule has 1 unspecified atom stereocenters. The van der Waals surface area contributed by atoms with Crippen molar-refractivity contribution in [1.82, 2.24) is 5.32 Å². The monoisotopic (exact) mass is 308 g/mol. The summed E-state index contributed by atoms with van der Waals surface area (Å²) in [5.41, 5.74) is 3.77. The second kappa shape index (κ2) is 6.64. The average Bonchev–Trinajstić information content (AvgIpc) is 2.38. The molecule has 1 heterocycles. The molecule has 10 heteroatoms. The Morgan fingerprint density at radius 3 is 2.48 bits per heavy atom. The first-order valence-electron chi connectivity index (χ1n) is 6.21. The number of aliphatic hydroxyl groups excluding tert-OH is 3. The average molecular weight is 308 g/mol. The minimum atomic E-state index is -2.07. The first-order chi connectivity index (χ1) is 9.63. The zero-order valence-corrected chi connectivity index (χ0v) is 11.6. The lowest BCUT2D eigenvalue weighted by Gasteiger charge is -2.49. The van der Waals surface area contributed by atoms with E-state index in [-0.39, 0.29) is 0 Å². The molecular weight excluding hydrogens is 288 g/mol. The summed E-state index contributed by atoms with van der Waals surface area (Å²) in [6, 6.07) is 0. The number of aliphatic hydroxyl groups is 3. The zero-order chi connectivity index (χ0) is 16.4. The summed E-state index contributed by atoms with van der Waals surface area (Å²) < 4.78 is 10.1. The number of carboxylic acids is 1. The van der Waals surface area contributed by atoms with Crippen LogP contribution >= 0.6 is 0 Å². The number of nitrogens with one attached hydrogen (secondary N) is 1. The Labute approximate surface area is 120 Å².